The molecular weight excluding hydrogens is 574 g/mol. The van der Waals surface area contributed by atoms with E-state index in [0.717, 1.165) is 35.6 Å². The summed E-state index contributed by atoms with van der Waals surface area (Å²) in [5.41, 5.74) is 3.92. The molecule has 0 aliphatic rings. The summed E-state index contributed by atoms with van der Waals surface area (Å²) in [6, 6.07) is 6.93. The summed E-state index contributed by atoms with van der Waals surface area (Å²) in [4.78, 5) is 48.1. The Morgan fingerprint density at radius 2 is 1.79 bits per heavy atom. The highest BCUT2D eigenvalue weighted by Gasteiger charge is 2.21. The molecule has 1 amide bonds. The van der Waals surface area contributed by atoms with E-state index in [1.165, 1.54) is 11.9 Å². The molecule has 0 spiro atoms. The number of rotatable bonds is 11. The predicted octanol–water partition coefficient (Wildman–Crippen LogP) is 4.53. The van der Waals surface area contributed by atoms with Gasteiger partial charge >= 0.3 is 0 Å². The van der Waals surface area contributed by atoms with Gasteiger partial charge in [-0.25, -0.2) is 19.9 Å². The third-order valence-electron chi connectivity index (χ3n) is 6.98. The highest BCUT2D eigenvalue weighted by atomic mass is 35.5. The number of hydrogen-bond acceptors (Lipinski definition) is 10. The Morgan fingerprint density at radius 1 is 1.10 bits per heavy atom. The molecular formula is C29H36ClN9O2S. The molecule has 0 aliphatic heterocycles. The topological polar surface area (TPSA) is 121 Å². The van der Waals surface area contributed by atoms with Gasteiger partial charge in [0.25, 0.3) is 11.5 Å². The predicted molar refractivity (Wildman–Crippen MR) is 172 cm³/mol. The van der Waals surface area contributed by atoms with Crippen molar-refractivity contribution in [1.29, 1.82) is 0 Å². The number of anilines is 3. The van der Waals surface area contributed by atoms with E-state index in [9.17, 15) is 9.59 Å². The molecule has 0 aliphatic carbocycles. The van der Waals surface area contributed by atoms with E-state index in [1.807, 2.05) is 64.3 Å². The quantitative estimate of drug-likeness (QED) is 0.185. The van der Waals surface area contributed by atoms with Crippen molar-refractivity contribution in [3.8, 4) is 0 Å². The second kappa shape index (κ2) is 13.4. The molecule has 3 aromatic heterocycles. The number of hydrogen-bond donors (Lipinski definition) is 2. The molecule has 42 heavy (non-hydrogen) atoms. The van der Waals surface area contributed by atoms with Gasteiger partial charge in [0.05, 0.1) is 40.7 Å². The minimum Gasteiger partial charge on any atom is -0.377 e. The fourth-order valence-corrected chi connectivity index (χ4v) is 5.18. The Bertz CT molecular complexity index is 1650. The second-order valence-electron chi connectivity index (χ2n) is 10.2. The highest BCUT2D eigenvalue weighted by molar-refractivity contribution is 7.97. The Balaban J connectivity index is 1.62. The number of amides is 1. The lowest BCUT2D eigenvalue weighted by molar-refractivity contribution is 0.0980. The molecule has 4 rings (SSSR count). The molecule has 3 heterocycles. The van der Waals surface area contributed by atoms with Crippen molar-refractivity contribution in [3.05, 3.63) is 74.8 Å². The Morgan fingerprint density at radius 3 is 2.48 bits per heavy atom. The van der Waals surface area contributed by atoms with E-state index in [0.29, 0.717) is 29.1 Å². The summed E-state index contributed by atoms with van der Waals surface area (Å²) < 4.78 is 4.29. The van der Waals surface area contributed by atoms with Crippen molar-refractivity contribution in [3.63, 3.8) is 0 Å². The Kier molecular flexibility index (Phi) is 9.89. The van der Waals surface area contributed by atoms with Gasteiger partial charge in [0.1, 0.15) is 11.0 Å². The molecule has 2 N–H and O–H groups in total. The fraction of sp³-hybridized carbons (Fsp3) is 0.379. The summed E-state index contributed by atoms with van der Waals surface area (Å²) in [5, 5.41) is 4.15. The molecule has 0 fully saturated rings. The molecule has 0 bridgehead atoms. The average Bonchev–Trinajstić information content (AvgIpc) is 2.96. The number of carbonyl (C=O) groups excluding carboxylic acids is 1. The van der Waals surface area contributed by atoms with E-state index < -0.39 is 0 Å². The van der Waals surface area contributed by atoms with E-state index in [2.05, 4.69) is 29.9 Å². The van der Waals surface area contributed by atoms with E-state index in [-0.39, 0.29) is 28.4 Å². The van der Waals surface area contributed by atoms with Gasteiger partial charge in [-0.3, -0.25) is 18.9 Å². The number of aromatic nitrogens is 5. The lowest BCUT2D eigenvalue weighted by Gasteiger charge is -2.25. The van der Waals surface area contributed by atoms with Crippen LogP contribution >= 0.6 is 23.5 Å². The van der Waals surface area contributed by atoms with Crippen molar-refractivity contribution in [2.45, 2.75) is 33.2 Å². The first kappa shape index (κ1) is 31.0. The molecule has 0 saturated carbocycles. The first-order valence-electron chi connectivity index (χ1n) is 13.5. The Hall–Kier alpha value is -3.90. The molecule has 13 heteroatoms. The standard InChI is InChI=1S/C29H36ClN9O2S/c1-17-13-21(18(2)33-23-9-10-24(30)34-26(23)27(40)36-42-7)25-22(14-17)28(41)39(6)29(35-25)38(5)12-8-11-37(4)20-15-31-19(3)32-16-20/h9-10,13-16,18,33H,8,11-12H2,1-7H3,(H,36,40). The van der Waals surface area contributed by atoms with Gasteiger partial charge in [-0.05, 0) is 51.0 Å². The minimum atomic E-state index is -0.356. The van der Waals surface area contributed by atoms with Crippen LogP contribution < -0.4 is 25.4 Å². The van der Waals surface area contributed by atoms with Crippen LogP contribution in [-0.2, 0) is 7.05 Å². The maximum Gasteiger partial charge on any atom is 0.281 e. The third-order valence-corrected chi connectivity index (χ3v) is 7.58. The zero-order valence-electron chi connectivity index (χ0n) is 24.9. The summed E-state index contributed by atoms with van der Waals surface area (Å²) >= 11 is 7.28. The third kappa shape index (κ3) is 6.93. The van der Waals surface area contributed by atoms with E-state index in [1.54, 1.807) is 30.0 Å². The van der Waals surface area contributed by atoms with Gasteiger partial charge in [-0.1, -0.05) is 29.6 Å². The van der Waals surface area contributed by atoms with Crippen LogP contribution in [0.25, 0.3) is 10.9 Å². The van der Waals surface area contributed by atoms with Crippen molar-refractivity contribution in [2.75, 3.05) is 48.6 Å². The maximum absolute atomic E-state index is 13.6. The van der Waals surface area contributed by atoms with Crippen molar-refractivity contribution in [1.82, 2.24) is 29.2 Å². The zero-order valence-corrected chi connectivity index (χ0v) is 26.5. The first-order chi connectivity index (χ1) is 20.0. The Labute approximate surface area is 254 Å². The van der Waals surface area contributed by atoms with Gasteiger partial charge in [-0.15, -0.1) is 0 Å². The zero-order chi connectivity index (χ0) is 30.6. The monoisotopic (exact) mass is 609 g/mol. The van der Waals surface area contributed by atoms with Crippen molar-refractivity contribution in [2.24, 2.45) is 7.05 Å². The lowest BCUT2D eigenvalue weighted by atomic mass is 10.0. The number of carbonyl (C=O) groups is 1. The summed E-state index contributed by atoms with van der Waals surface area (Å²) in [7, 11) is 5.69. The number of fused-ring (bicyclic) bond motifs is 1. The first-order valence-corrected chi connectivity index (χ1v) is 15.1. The van der Waals surface area contributed by atoms with Crippen LogP contribution in [0.4, 0.5) is 17.3 Å². The SMILES string of the molecule is CSNC(=O)c1nc(Cl)ccc1NC(C)c1cc(C)cc2c(=O)n(C)c(N(C)CCCN(C)c3cnc(C)nc3)nc12. The second-order valence-corrected chi connectivity index (χ2v) is 11.2. The van der Waals surface area contributed by atoms with Crippen LogP contribution in [0.15, 0.2) is 41.5 Å². The molecule has 4 aromatic rings. The van der Waals surface area contributed by atoms with Crippen LogP contribution in [0, 0.1) is 13.8 Å². The number of pyridine rings is 1. The normalized spacial score (nSPS) is 11.8. The van der Waals surface area contributed by atoms with Gasteiger partial charge in [0.15, 0.2) is 5.69 Å². The van der Waals surface area contributed by atoms with Gasteiger partial charge in [0, 0.05) is 46.1 Å². The van der Waals surface area contributed by atoms with Crippen LogP contribution in [-0.4, -0.2) is 63.9 Å². The van der Waals surface area contributed by atoms with Crippen molar-refractivity contribution >= 4 is 57.7 Å². The highest BCUT2D eigenvalue weighted by Crippen LogP contribution is 2.29. The molecule has 0 radical (unpaired) electrons. The molecule has 1 atom stereocenters. The van der Waals surface area contributed by atoms with E-state index >= 15 is 0 Å². The maximum atomic E-state index is 13.6. The van der Waals surface area contributed by atoms with Crippen LogP contribution in [0.5, 0.6) is 0 Å². The molecule has 0 saturated heterocycles. The van der Waals surface area contributed by atoms with Crippen molar-refractivity contribution < 1.29 is 4.79 Å². The number of aryl methyl sites for hydroxylation is 2. The molecule has 11 nitrogen and oxygen atoms in total. The fourth-order valence-electron chi connectivity index (χ4n) is 4.75. The lowest BCUT2D eigenvalue weighted by Crippen LogP contribution is -2.31. The largest absolute Gasteiger partial charge is 0.377 e. The summed E-state index contributed by atoms with van der Waals surface area (Å²) in [5.74, 6) is 0.949. The molecule has 1 unspecified atom stereocenters. The van der Waals surface area contributed by atoms with Gasteiger partial charge in [-0.2, -0.15) is 0 Å². The van der Waals surface area contributed by atoms with Crippen LogP contribution in [0.1, 0.15) is 46.8 Å². The van der Waals surface area contributed by atoms with Gasteiger partial charge in [0.2, 0.25) is 5.95 Å². The van der Waals surface area contributed by atoms with Crippen LogP contribution in [0.2, 0.25) is 5.15 Å². The number of nitrogens with one attached hydrogen (secondary N) is 2. The molecule has 222 valence electrons. The average molecular weight is 610 g/mol. The van der Waals surface area contributed by atoms with Crippen LogP contribution in [0.3, 0.4) is 0 Å². The summed E-state index contributed by atoms with van der Waals surface area (Å²) in [6.07, 6.45) is 6.22. The number of nitrogens with zero attached hydrogens (tertiary/aromatic N) is 7. The smallest absolute Gasteiger partial charge is 0.281 e. The minimum absolute atomic E-state index is 0.124. The van der Waals surface area contributed by atoms with Gasteiger partial charge < -0.3 is 15.1 Å². The summed E-state index contributed by atoms with van der Waals surface area (Å²) in [6.45, 7) is 7.24. The number of benzene rings is 1. The van der Waals surface area contributed by atoms with E-state index in [4.69, 9.17) is 16.6 Å². The number of halogens is 1. The molecule has 1 aromatic carbocycles.